The first-order valence-electron chi connectivity index (χ1n) is 6.38. The van der Waals surface area contributed by atoms with E-state index >= 15 is 0 Å². The highest BCUT2D eigenvalue weighted by Gasteiger charge is 2.18. The summed E-state index contributed by atoms with van der Waals surface area (Å²) in [5, 5.41) is 3.55. The van der Waals surface area contributed by atoms with Gasteiger partial charge in [-0.25, -0.2) is 0 Å². The Kier molecular flexibility index (Phi) is 5.01. The molecule has 0 radical (unpaired) electrons. The fraction of sp³-hybridized carbons (Fsp3) is 0.600. The van der Waals surface area contributed by atoms with Gasteiger partial charge in [0.2, 0.25) is 0 Å². The highest BCUT2D eigenvalue weighted by Crippen LogP contribution is 2.19. The third kappa shape index (κ3) is 4.78. The third-order valence-corrected chi connectivity index (χ3v) is 3.12. The number of ether oxygens (including phenoxy) is 1. The van der Waals surface area contributed by atoms with Crippen molar-refractivity contribution in [1.82, 2.24) is 5.32 Å². The lowest BCUT2D eigenvalue weighted by Gasteiger charge is -2.28. The maximum Gasteiger partial charge on any atom is 0.119 e. The van der Waals surface area contributed by atoms with Crippen LogP contribution in [0.3, 0.4) is 0 Å². The van der Waals surface area contributed by atoms with E-state index < -0.39 is 0 Å². The van der Waals surface area contributed by atoms with Crippen LogP contribution in [-0.4, -0.2) is 12.6 Å². The van der Waals surface area contributed by atoms with Gasteiger partial charge in [0.15, 0.2) is 0 Å². The first-order valence-corrected chi connectivity index (χ1v) is 6.38. The molecule has 2 nitrogen and oxygen atoms in total. The average molecular weight is 235 g/mol. The predicted octanol–water partition coefficient (Wildman–Crippen LogP) is 3.61. The van der Waals surface area contributed by atoms with Crippen LogP contribution in [0.2, 0.25) is 0 Å². The van der Waals surface area contributed by atoms with Crippen LogP contribution in [0.4, 0.5) is 0 Å². The van der Waals surface area contributed by atoms with Crippen LogP contribution in [-0.2, 0) is 6.54 Å². The molecular weight excluding hydrogens is 210 g/mol. The topological polar surface area (TPSA) is 21.3 Å². The van der Waals surface area contributed by atoms with E-state index in [-0.39, 0.29) is 5.41 Å². The predicted molar refractivity (Wildman–Crippen MR) is 73.4 cm³/mol. The van der Waals surface area contributed by atoms with E-state index in [0.29, 0.717) is 6.04 Å². The minimum atomic E-state index is 0.289. The van der Waals surface area contributed by atoms with Gasteiger partial charge in [0, 0.05) is 12.6 Å². The first-order chi connectivity index (χ1) is 7.93. The minimum Gasteiger partial charge on any atom is -0.494 e. The number of hydrogen-bond donors (Lipinski definition) is 1. The van der Waals surface area contributed by atoms with Crippen molar-refractivity contribution in [3.63, 3.8) is 0 Å². The van der Waals surface area contributed by atoms with Crippen LogP contribution in [0.25, 0.3) is 0 Å². The Bertz CT molecular complexity index is 341. The molecule has 1 aromatic carbocycles. The van der Waals surface area contributed by atoms with E-state index in [4.69, 9.17) is 4.74 Å². The quantitative estimate of drug-likeness (QED) is 0.842. The van der Waals surface area contributed by atoms with Gasteiger partial charge < -0.3 is 10.1 Å². The Hall–Kier alpha value is -1.02. The first kappa shape index (κ1) is 14.0. The largest absolute Gasteiger partial charge is 0.494 e. The molecule has 2 heteroatoms. The number of benzene rings is 1. The summed E-state index contributed by atoms with van der Waals surface area (Å²) in [4.78, 5) is 0. The van der Waals surface area contributed by atoms with Crippen LogP contribution in [0.5, 0.6) is 5.75 Å². The Morgan fingerprint density at radius 3 is 2.59 bits per heavy atom. The zero-order chi connectivity index (χ0) is 12.9. The van der Waals surface area contributed by atoms with Crippen LogP contribution >= 0.6 is 0 Å². The summed E-state index contributed by atoms with van der Waals surface area (Å²) in [5.74, 6) is 0.954. The van der Waals surface area contributed by atoms with Crippen LogP contribution in [0.1, 0.15) is 40.2 Å². The Balaban J connectivity index is 2.54. The summed E-state index contributed by atoms with van der Waals surface area (Å²) in [5.41, 5.74) is 1.56. The van der Waals surface area contributed by atoms with Crippen molar-refractivity contribution in [2.45, 2.75) is 47.2 Å². The molecular formula is C15H25NO. The van der Waals surface area contributed by atoms with Gasteiger partial charge in [-0.15, -0.1) is 0 Å². The Morgan fingerprint density at radius 2 is 2.00 bits per heavy atom. The second kappa shape index (κ2) is 6.06. The van der Waals surface area contributed by atoms with E-state index in [0.717, 1.165) is 18.9 Å². The molecule has 0 saturated heterocycles. The number of rotatable bonds is 5. The zero-order valence-electron chi connectivity index (χ0n) is 11.7. The van der Waals surface area contributed by atoms with Gasteiger partial charge in [0.25, 0.3) is 0 Å². The Labute approximate surface area is 105 Å². The van der Waals surface area contributed by atoms with Crippen molar-refractivity contribution in [1.29, 1.82) is 0 Å². The van der Waals surface area contributed by atoms with E-state index in [1.165, 1.54) is 5.56 Å². The summed E-state index contributed by atoms with van der Waals surface area (Å²) in [6.07, 6.45) is 0. The van der Waals surface area contributed by atoms with E-state index in [9.17, 15) is 0 Å². The third-order valence-electron chi connectivity index (χ3n) is 3.12. The molecule has 0 spiro atoms. The molecule has 1 N–H and O–H groups in total. The van der Waals surface area contributed by atoms with Crippen molar-refractivity contribution < 1.29 is 4.74 Å². The summed E-state index contributed by atoms with van der Waals surface area (Å²) in [6.45, 7) is 12.6. The maximum absolute atomic E-state index is 5.49. The van der Waals surface area contributed by atoms with Gasteiger partial charge in [0.1, 0.15) is 5.75 Å². The lowest BCUT2D eigenvalue weighted by atomic mass is 9.88. The molecule has 0 aliphatic carbocycles. The normalized spacial score (nSPS) is 13.5. The van der Waals surface area contributed by atoms with Gasteiger partial charge in [0.05, 0.1) is 6.61 Å². The van der Waals surface area contributed by atoms with Crippen molar-refractivity contribution in [2.75, 3.05) is 6.61 Å². The SMILES string of the molecule is CCOc1cccc(CNC(C)C(C)(C)C)c1. The van der Waals surface area contributed by atoms with Crippen LogP contribution in [0, 0.1) is 5.41 Å². The molecule has 1 aromatic rings. The minimum absolute atomic E-state index is 0.289. The van der Waals surface area contributed by atoms with Gasteiger partial charge in [-0.1, -0.05) is 32.9 Å². The fourth-order valence-electron chi connectivity index (χ4n) is 1.49. The zero-order valence-corrected chi connectivity index (χ0v) is 11.7. The summed E-state index contributed by atoms with van der Waals surface area (Å²) < 4.78 is 5.49. The molecule has 0 aromatic heterocycles. The lowest BCUT2D eigenvalue weighted by Crippen LogP contribution is -2.37. The fourth-order valence-corrected chi connectivity index (χ4v) is 1.49. The van der Waals surface area contributed by atoms with Gasteiger partial charge in [-0.05, 0) is 37.0 Å². The monoisotopic (exact) mass is 235 g/mol. The van der Waals surface area contributed by atoms with Crippen LogP contribution in [0.15, 0.2) is 24.3 Å². The lowest BCUT2D eigenvalue weighted by molar-refractivity contribution is 0.285. The molecule has 96 valence electrons. The number of hydrogen-bond acceptors (Lipinski definition) is 2. The maximum atomic E-state index is 5.49. The summed E-state index contributed by atoms with van der Waals surface area (Å²) in [6, 6.07) is 8.76. The summed E-state index contributed by atoms with van der Waals surface area (Å²) in [7, 11) is 0. The molecule has 0 saturated carbocycles. The molecule has 0 aliphatic heterocycles. The molecule has 1 rings (SSSR count). The molecule has 0 aliphatic rings. The molecule has 17 heavy (non-hydrogen) atoms. The van der Waals surface area contributed by atoms with Crippen molar-refractivity contribution in [3.05, 3.63) is 29.8 Å². The van der Waals surface area contributed by atoms with E-state index in [2.05, 4.69) is 45.1 Å². The van der Waals surface area contributed by atoms with E-state index in [1.807, 2.05) is 19.1 Å². The summed E-state index contributed by atoms with van der Waals surface area (Å²) >= 11 is 0. The molecule has 1 unspecified atom stereocenters. The smallest absolute Gasteiger partial charge is 0.119 e. The van der Waals surface area contributed by atoms with Crippen molar-refractivity contribution in [3.8, 4) is 5.75 Å². The van der Waals surface area contributed by atoms with Gasteiger partial charge in [-0.3, -0.25) is 0 Å². The molecule has 1 atom stereocenters. The Morgan fingerprint density at radius 1 is 1.29 bits per heavy atom. The van der Waals surface area contributed by atoms with Crippen molar-refractivity contribution in [2.24, 2.45) is 5.41 Å². The van der Waals surface area contributed by atoms with Crippen molar-refractivity contribution >= 4 is 0 Å². The molecule has 0 bridgehead atoms. The standard InChI is InChI=1S/C15H25NO/c1-6-17-14-9-7-8-13(10-14)11-16-12(2)15(3,4)5/h7-10,12,16H,6,11H2,1-5H3. The van der Waals surface area contributed by atoms with E-state index in [1.54, 1.807) is 0 Å². The number of nitrogens with one attached hydrogen (secondary N) is 1. The second-order valence-electron chi connectivity index (χ2n) is 5.55. The average Bonchev–Trinajstić information content (AvgIpc) is 2.25. The molecule has 0 fully saturated rings. The van der Waals surface area contributed by atoms with Gasteiger partial charge in [-0.2, -0.15) is 0 Å². The highest BCUT2D eigenvalue weighted by molar-refractivity contribution is 5.28. The molecule has 0 amide bonds. The van der Waals surface area contributed by atoms with Gasteiger partial charge >= 0.3 is 0 Å². The second-order valence-corrected chi connectivity index (χ2v) is 5.55. The highest BCUT2D eigenvalue weighted by atomic mass is 16.5. The molecule has 0 heterocycles. The van der Waals surface area contributed by atoms with Crippen LogP contribution < -0.4 is 10.1 Å².